The third-order valence-corrected chi connectivity index (χ3v) is 4.15. The fraction of sp³-hybridized carbons (Fsp3) is 0.200. The minimum atomic E-state index is -0.267. The van der Waals surface area contributed by atoms with Crippen molar-refractivity contribution in [2.75, 3.05) is 23.3 Å². The summed E-state index contributed by atoms with van der Waals surface area (Å²) in [7, 11) is 0. The molecule has 1 aromatic carbocycles. The van der Waals surface area contributed by atoms with E-state index in [2.05, 4.69) is 16.0 Å². The number of thiophene rings is 1. The summed E-state index contributed by atoms with van der Waals surface area (Å²) in [4.78, 5) is 26.3. The summed E-state index contributed by atoms with van der Waals surface area (Å²) in [5, 5.41) is 10.3. The summed E-state index contributed by atoms with van der Waals surface area (Å²) in [6, 6.07) is 10.8. The van der Waals surface area contributed by atoms with Crippen molar-refractivity contribution in [2.24, 2.45) is 0 Å². The van der Waals surface area contributed by atoms with Crippen LogP contribution in [0.25, 0.3) is 0 Å². The Kier molecular flexibility index (Phi) is 4.24. The van der Waals surface area contributed by atoms with Gasteiger partial charge in [0, 0.05) is 29.3 Å². The number of nitrogens with one attached hydrogen (secondary N) is 3. The Morgan fingerprint density at radius 1 is 1.32 bits per heavy atom. The Bertz CT molecular complexity index is 672. The second-order valence-corrected chi connectivity index (χ2v) is 5.85. The van der Waals surface area contributed by atoms with E-state index in [1.165, 1.54) is 0 Å². The predicted octanol–water partition coefficient (Wildman–Crippen LogP) is 2.60. The van der Waals surface area contributed by atoms with Crippen LogP contribution in [0.2, 0.25) is 0 Å². The molecule has 1 aliphatic rings. The first-order valence-corrected chi connectivity index (χ1v) is 7.83. The van der Waals surface area contributed by atoms with E-state index in [0.29, 0.717) is 25.3 Å². The third kappa shape index (κ3) is 3.37. The smallest absolute Gasteiger partial charge is 0.321 e. The molecule has 1 saturated heterocycles. The number of hydrogen-bond acceptors (Lipinski definition) is 3. The normalized spacial score (nSPS) is 13.8. The lowest BCUT2D eigenvalue weighted by Gasteiger charge is -2.15. The molecule has 4 amide bonds. The molecule has 0 unspecified atom stereocenters. The van der Waals surface area contributed by atoms with E-state index in [1.807, 2.05) is 29.6 Å². The molecule has 2 aromatic rings. The van der Waals surface area contributed by atoms with Crippen LogP contribution in [0.15, 0.2) is 41.8 Å². The number of anilines is 2. The van der Waals surface area contributed by atoms with Gasteiger partial charge in [0.05, 0.1) is 6.54 Å². The van der Waals surface area contributed by atoms with Gasteiger partial charge in [-0.05, 0) is 29.6 Å². The Hall–Kier alpha value is -2.54. The largest absolute Gasteiger partial charge is 0.336 e. The van der Waals surface area contributed by atoms with Crippen LogP contribution in [0.3, 0.4) is 0 Å². The van der Waals surface area contributed by atoms with Crippen molar-refractivity contribution in [1.82, 2.24) is 10.6 Å². The van der Waals surface area contributed by atoms with Gasteiger partial charge < -0.3 is 16.0 Å². The predicted molar refractivity (Wildman–Crippen MR) is 87.4 cm³/mol. The molecule has 6 nitrogen and oxygen atoms in total. The van der Waals surface area contributed by atoms with Crippen LogP contribution in [-0.2, 0) is 6.54 Å². The highest BCUT2D eigenvalue weighted by Crippen LogP contribution is 2.21. The van der Waals surface area contributed by atoms with Crippen molar-refractivity contribution in [1.29, 1.82) is 0 Å². The minimum absolute atomic E-state index is 0.112. The highest BCUT2D eigenvalue weighted by atomic mass is 32.1. The van der Waals surface area contributed by atoms with E-state index in [9.17, 15) is 9.59 Å². The van der Waals surface area contributed by atoms with Gasteiger partial charge in [-0.2, -0.15) is 0 Å². The van der Waals surface area contributed by atoms with E-state index in [0.717, 1.165) is 10.6 Å². The summed E-state index contributed by atoms with van der Waals surface area (Å²) in [5.41, 5.74) is 1.42. The first-order valence-electron chi connectivity index (χ1n) is 6.95. The minimum Gasteiger partial charge on any atom is -0.336 e. The van der Waals surface area contributed by atoms with E-state index < -0.39 is 0 Å². The first kappa shape index (κ1) is 14.4. The van der Waals surface area contributed by atoms with Crippen LogP contribution < -0.4 is 20.9 Å². The monoisotopic (exact) mass is 316 g/mol. The number of urea groups is 2. The molecule has 0 aliphatic carbocycles. The van der Waals surface area contributed by atoms with Gasteiger partial charge in [-0.15, -0.1) is 11.3 Å². The molecule has 0 radical (unpaired) electrons. The number of carbonyl (C=O) groups is 2. The van der Waals surface area contributed by atoms with Crippen LogP contribution in [0, 0.1) is 0 Å². The number of amides is 4. The average molecular weight is 316 g/mol. The molecule has 1 aliphatic heterocycles. The first-order chi connectivity index (χ1) is 10.7. The zero-order valence-electron chi connectivity index (χ0n) is 11.8. The van der Waals surface area contributed by atoms with Gasteiger partial charge in [-0.3, -0.25) is 4.90 Å². The maximum Gasteiger partial charge on any atom is 0.321 e. The topological polar surface area (TPSA) is 73.5 Å². The Morgan fingerprint density at radius 2 is 2.23 bits per heavy atom. The maximum absolute atomic E-state index is 11.9. The molecule has 2 heterocycles. The lowest BCUT2D eigenvalue weighted by Crippen LogP contribution is -2.29. The SMILES string of the molecule is O=C(NCc1cccs1)Nc1cccc(N2CCNC2=O)c1. The molecule has 0 atom stereocenters. The second-order valence-electron chi connectivity index (χ2n) is 4.82. The quantitative estimate of drug-likeness (QED) is 0.811. The fourth-order valence-corrected chi connectivity index (χ4v) is 2.87. The van der Waals surface area contributed by atoms with Crippen molar-refractivity contribution >= 4 is 34.8 Å². The van der Waals surface area contributed by atoms with Crippen LogP contribution in [0.4, 0.5) is 21.0 Å². The van der Waals surface area contributed by atoms with Crippen molar-refractivity contribution in [3.8, 4) is 0 Å². The lowest BCUT2D eigenvalue weighted by atomic mass is 10.2. The average Bonchev–Trinajstić information content (AvgIpc) is 3.16. The number of carbonyl (C=O) groups excluding carboxylic acids is 2. The van der Waals surface area contributed by atoms with Crippen LogP contribution >= 0.6 is 11.3 Å². The molecule has 114 valence electrons. The van der Waals surface area contributed by atoms with E-state index in [-0.39, 0.29) is 12.1 Å². The lowest BCUT2D eigenvalue weighted by molar-refractivity contribution is 0.251. The third-order valence-electron chi connectivity index (χ3n) is 3.28. The maximum atomic E-state index is 11.9. The van der Waals surface area contributed by atoms with E-state index in [1.54, 1.807) is 28.4 Å². The number of nitrogens with zero attached hydrogens (tertiary/aromatic N) is 1. The number of benzene rings is 1. The molecule has 0 spiro atoms. The summed E-state index contributed by atoms with van der Waals surface area (Å²) < 4.78 is 0. The van der Waals surface area contributed by atoms with Gasteiger partial charge in [0.15, 0.2) is 0 Å². The molecule has 22 heavy (non-hydrogen) atoms. The standard InChI is InChI=1S/C15H16N4O2S/c20-14(17-10-13-5-2-8-22-13)18-11-3-1-4-12(9-11)19-7-6-16-15(19)21/h1-5,8-9H,6-7,10H2,(H,16,21)(H2,17,18,20). The summed E-state index contributed by atoms with van der Waals surface area (Å²) >= 11 is 1.60. The molecule has 3 N–H and O–H groups in total. The van der Waals surface area contributed by atoms with Crippen molar-refractivity contribution in [2.45, 2.75) is 6.54 Å². The Morgan fingerprint density at radius 3 is 2.95 bits per heavy atom. The van der Waals surface area contributed by atoms with Gasteiger partial charge in [-0.1, -0.05) is 12.1 Å². The van der Waals surface area contributed by atoms with Crippen LogP contribution in [0.1, 0.15) is 4.88 Å². The van der Waals surface area contributed by atoms with Gasteiger partial charge in [-0.25, -0.2) is 9.59 Å². The van der Waals surface area contributed by atoms with E-state index >= 15 is 0 Å². The van der Waals surface area contributed by atoms with Crippen molar-refractivity contribution in [3.05, 3.63) is 46.7 Å². The fourth-order valence-electron chi connectivity index (χ4n) is 2.23. The molecule has 0 bridgehead atoms. The van der Waals surface area contributed by atoms with Gasteiger partial charge in [0.2, 0.25) is 0 Å². The van der Waals surface area contributed by atoms with Crippen LogP contribution in [-0.4, -0.2) is 25.2 Å². The highest BCUT2D eigenvalue weighted by molar-refractivity contribution is 7.09. The molecular weight excluding hydrogens is 300 g/mol. The highest BCUT2D eigenvalue weighted by Gasteiger charge is 2.21. The zero-order valence-corrected chi connectivity index (χ0v) is 12.7. The zero-order chi connectivity index (χ0) is 15.4. The molecule has 1 aromatic heterocycles. The molecule has 3 rings (SSSR count). The summed E-state index contributed by atoms with van der Waals surface area (Å²) in [5.74, 6) is 0. The summed E-state index contributed by atoms with van der Waals surface area (Å²) in [6.45, 7) is 1.77. The van der Waals surface area contributed by atoms with Gasteiger partial charge in [0.25, 0.3) is 0 Å². The molecule has 0 saturated carbocycles. The molecule has 7 heteroatoms. The Balaban J connectivity index is 1.60. The summed E-state index contributed by atoms with van der Waals surface area (Å²) in [6.07, 6.45) is 0. The van der Waals surface area contributed by atoms with Gasteiger partial charge in [0.1, 0.15) is 0 Å². The molecule has 1 fully saturated rings. The Labute approximate surface area is 132 Å². The number of hydrogen-bond donors (Lipinski definition) is 3. The van der Waals surface area contributed by atoms with Gasteiger partial charge >= 0.3 is 12.1 Å². The van der Waals surface area contributed by atoms with E-state index in [4.69, 9.17) is 0 Å². The van der Waals surface area contributed by atoms with Crippen molar-refractivity contribution in [3.63, 3.8) is 0 Å². The molecular formula is C15H16N4O2S. The number of rotatable bonds is 4. The second kappa shape index (κ2) is 6.48. The van der Waals surface area contributed by atoms with Crippen LogP contribution in [0.5, 0.6) is 0 Å². The van der Waals surface area contributed by atoms with Crippen molar-refractivity contribution < 1.29 is 9.59 Å².